The maximum absolute atomic E-state index is 11.7. The highest BCUT2D eigenvalue weighted by atomic mass is 35.5. The van der Waals surface area contributed by atoms with E-state index in [1.807, 2.05) is 0 Å². The van der Waals surface area contributed by atoms with Gasteiger partial charge in [-0.1, -0.05) is 11.6 Å². The van der Waals surface area contributed by atoms with Gasteiger partial charge in [0.25, 0.3) is 5.56 Å². The smallest absolute Gasteiger partial charge is 0.262 e. The standard InChI is InChI=1S/C9H8ClN3O/c10-7-1-2-8-12-4-6(3-11)9(14)13(8)5-7/h1-2,4-5H,3,11H2. The summed E-state index contributed by atoms with van der Waals surface area (Å²) in [5.74, 6) is 0. The predicted molar refractivity (Wildman–Crippen MR) is 54.4 cm³/mol. The molecule has 2 aromatic heterocycles. The molecule has 2 rings (SSSR count). The third-order valence-corrected chi connectivity index (χ3v) is 2.18. The molecule has 0 unspecified atom stereocenters. The average molecular weight is 210 g/mol. The number of hydrogen-bond acceptors (Lipinski definition) is 3. The number of halogens is 1. The van der Waals surface area contributed by atoms with Crippen molar-refractivity contribution < 1.29 is 0 Å². The van der Waals surface area contributed by atoms with Crippen molar-refractivity contribution in [3.8, 4) is 0 Å². The molecule has 72 valence electrons. The maximum Gasteiger partial charge on any atom is 0.262 e. The first-order valence-corrected chi connectivity index (χ1v) is 4.46. The van der Waals surface area contributed by atoms with E-state index in [0.29, 0.717) is 16.2 Å². The number of rotatable bonds is 1. The van der Waals surface area contributed by atoms with Crippen LogP contribution in [0.2, 0.25) is 5.02 Å². The molecule has 0 atom stereocenters. The molecule has 4 nitrogen and oxygen atoms in total. The van der Waals surface area contributed by atoms with Crippen LogP contribution in [0.25, 0.3) is 5.65 Å². The molecule has 0 aliphatic rings. The second-order valence-electron chi connectivity index (χ2n) is 2.87. The van der Waals surface area contributed by atoms with Crippen LogP contribution >= 0.6 is 11.6 Å². The number of aromatic nitrogens is 2. The zero-order valence-corrected chi connectivity index (χ0v) is 8.03. The van der Waals surface area contributed by atoms with Gasteiger partial charge < -0.3 is 5.73 Å². The van der Waals surface area contributed by atoms with Crippen LogP contribution < -0.4 is 11.3 Å². The lowest BCUT2D eigenvalue weighted by molar-refractivity contribution is 0.946. The van der Waals surface area contributed by atoms with Gasteiger partial charge in [-0.25, -0.2) is 4.98 Å². The molecule has 0 aliphatic heterocycles. The van der Waals surface area contributed by atoms with Gasteiger partial charge in [-0.2, -0.15) is 0 Å². The summed E-state index contributed by atoms with van der Waals surface area (Å²) in [5.41, 5.74) is 6.27. The van der Waals surface area contributed by atoms with Crippen LogP contribution in [0.5, 0.6) is 0 Å². The van der Waals surface area contributed by atoms with Crippen molar-refractivity contribution in [2.45, 2.75) is 6.54 Å². The Bertz CT molecular complexity index is 535. The molecule has 0 saturated heterocycles. The van der Waals surface area contributed by atoms with E-state index in [9.17, 15) is 4.79 Å². The number of nitrogens with two attached hydrogens (primary N) is 1. The van der Waals surface area contributed by atoms with Gasteiger partial charge in [0, 0.05) is 24.5 Å². The molecule has 0 bridgehead atoms. The second-order valence-corrected chi connectivity index (χ2v) is 3.30. The van der Waals surface area contributed by atoms with Crippen LogP contribution in [0.3, 0.4) is 0 Å². The van der Waals surface area contributed by atoms with Crippen LogP contribution in [0.15, 0.2) is 29.3 Å². The molecule has 0 aromatic carbocycles. The van der Waals surface area contributed by atoms with Gasteiger partial charge in [-0.15, -0.1) is 0 Å². The monoisotopic (exact) mass is 209 g/mol. The highest BCUT2D eigenvalue weighted by Crippen LogP contribution is 2.07. The predicted octanol–water partition coefficient (Wildman–Crippen LogP) is 0.807. The summed E-state index contributed by atoms with van der Waals surface area (Å²) in [6.45, 7) is 0.182. The number of hydrogen-bond donors (Lipinski definition) is 1. The molecule has 0 aliphatic carbocycles. The molecule has 0 saturated carbocycles. The number of fused-ring (bicyclic) bond motifs is 1. The topological polar surface area (TPSA) is 60.4 Å². The first-order chi connectivity index (χ1) is 6.72. The molecule has 0 amide bonds. The van der Waals surface area contributed by atoms with Gasteiger partial charge in [0.15, 0.2) is 0 Å². The van der Waals surface area contributed by atoms with E-state index in [4.69, 9.17) is 17.3 Å². The summed E-state index contributed by atoms with van der Waals surface area (Å²) in [5, 5.41) is 0.496. The first-order valence-electron chi connectivity index (χ1n) is 4.08. The van der Waals surface area contributed by atoms with Crippen molar-refractivity contribution in [3.05, 3.63) is 45.5 Å². The molecule has 0 spiro atoms. The highest BCUT2D eigenvalue weighted by molar-refractivity contribution is 6.30. The lowest BCUT2D eigenvalue weighted by atomic mass is 10.3. The Morgan fingerprint density at radius 2 is 2.29 bits per heavy atom. The summed E-state index contributed by atoms with van der Waals surface area (Å²) in [6, 6.07) is 3.37. The normalized spacial score (nSPS) is 10.7. The minimum Gasteiger partial charge on any atom is -0.326 e. The summed E-state index contributed by atoms with van der Waals surface area (Å²) < 4.78 is 1.39. The van der Waals surface area contributed by atoms with Crippen molar-refractivity contribution in [2.75, 3.05) is 0 Å². The zero-order valence-electron chi connectivity index (χ0n) is 7.27. The highest BCUT2D eigenvalue weighted by Gasteiger charge is 2.02. The minimum atomic E-state index is -0.167. The zero-order chi connectivity index (χ0) is 10.1. The molecule has 2 aromatic rings. The van der Waals surface area contributed by atoms with Crippen molar-refractivity contribution in [1.29, 1.82) is 0 Å². The maximum atomic E-state index is 11.7. The molecule has 14 heavy (non-hydrogen) atoms. The number of pyridine rings is 1. The van der Waals surface area contributed by atoms with E-state index < -0.39 is 0 Å². The van der Waals surface area contributed by atoms with Crippen LogP contribution in [-0.4, -0.2) is 9.38 Å². The van der Waals surface area contributed by atoms with Gasteiger partial charge in [0.1, 0.15) is 5.65 Å². The van der Waals surface area contributed by atoms with E-state index in [0.717, 1.165) is 0 Å². The first kappa shape index (κ1) is 9.18. The van der Waals surface area contributed by atoms with E-state index in [1.165, 1.54) is 16.8 Å². The van der Waals surface area contributed by atoms with Crippen LogP contribution in [0.1, 0.15) is 5.56 Å². The van der Waals surface area contributed by atoms with Crippen LogP contribution in [-0.2, 0) is 6.54 Å². The Labute approximate surface area is 84.9 Å². The summed E-state index contributed by atoms with van der Waals surface area (Å²) in [4.78, 5) is 15.8. The van der Waals surface area contributed by atoms with Gasteiger partial charge >= 0.3 is 0 Å². The third kappa shape index (κ3) is 1.38. The Hall–Kier alpha value is -1.39. The van der Waals surface area contributed by atoms with Crippen LogP contribution in [0.4, 0.5) is 0 Å². The summed E-state index contributed by atoms with van der Waals surface area (Å²) in [7, 11) is 0. The fourth-order valence-electron chi connectivity index (χ4n) is 1.23. The largest absolute Gasteiger partial charge is 0.326 e. The van der Waals surface area contributed by atoms with Gasteiger partial charge in [-0.3, -0.25) is 9.20 Å². The molecule has 2 heterocycles. The lowest BCUT2D eigenvalue weighted by Crippen LogP contribution is -2.21. The van der Waals surface area contributed by atoms with E-state index >= 15 is 0 Å². The molecule has 0 radical (unpaired) electrons. The van der Waals surface area contributed by atoms with E-state index in [-0.39, 0.29) is 12.1 Å². The third-order valence-electron chi connectivity index (χ3n) is 1.96. The minimum absolute atomic E-state index is 0.167. The quantitative estimate of drug-likeness (QED) is 0.756. The van der Waals surface area contributed by atoms with E-state index in [2.05, 4.69) is 4.98 Å². The van der Waals surface area contributed by atoms with Crippen molar-refractivity contribution in [2.24, 2.45) is 5.73 Å². The Morgan fingerprint density at radius 1 is 1.50 bits per heavy atom. The Balaban J connectivity index is 2.87. The lowest BCUT2D eigenvalue weighted by Gasteiger charge is -2.01. The van der Waals surface area contributed by atoms with E-state index in [1.54, 1.807) is 12.1 Å². The van der Waals surface area contributed by atoms with Crippen LogP contribution in [0, 0.1) is 0 Å². The Morgan fingerprint density at radius 3 is 3.00 bits per heavy atom. The van der Waals surface area contributed by atoms with Crippen molar-refractivity contribution >= 4 is 17.2 Å². The SMILES string of the molecule is NCc1cnc2ccc(Cl)cn2c1=O. The molecule has 2 N–H and O–H groups in total. The average Bonchev–Trinajstić information content (AvgIpc) is 2.20. The van der Waals surface area contributed by atoms with Gasteiger partial charge in [-0.05, 0) is 12.1 Å². The summed E-state index contributed by atoms with van der Waals surface area (Å²) >= 11 is 5.77. The van der Waals surface area contributed by atoms with Gasteiger partial charge in [0.2, 0.25) is 0 Å². The number of nitrogens with zero attached hydrogens (tertiary/aromatic N) is 2. The fraction of sp³-hybridized carbons (Fsp3) is 0.111. The second kappa shape index (κ2) is 3.40. The fourth-order valence-corrected chi connectivity index (χ4v) is 1.39. The Kier molecular flexibility index (Phi) is 2.23. The van der Waals surface area contributed by atoms with Crippen molar-refractivity contribution in [1.82, 2.24) is 9.38 Å². The van der Waals surface area contributed by atoms with Gasteiger partial charge in [0.05, 0.1) is 5.02 Å². The summed E-state index contributed by atoms with van der Waals surface area (Å²) in [6.07, 6.45) is 3.02. The molecular weight excluding hydrogens is 202 g/mol. The molecular formula is C9H8ClN3O. The molecule has 5 heteroatoms. The van der Waals surface area contributed by atoms with Crippen molar-refractivity contribution in [3.63, 3.8) is 0 Å². The molecule has 0 fully saturated rings.